The maximum atomic E-state index is 11.9. The zero-order valence-corrected chi connectivity index (χ0v) is 12.4. The molecule has 2 aromatic rings. The van der Waals surface area contributed by atoms with Crippen molar-refractivity contribution in [2.75, 3.05) is 0 Å². The van der Waals surface area contributed by atoms with Gasteiger partial charge in [0, 0.05) is 12.4 Å². The largest absolute Gasteiger partial charge is 0.480 e. The van der Waals surface area contributed by atoms with Crippen molar-refractivity contribution in [3.05, 3.63) is 48.3 Å². The average molecular weight is 301 g/mol. The number of benzene rings is 1. The van der Waals surface area contributed by atoms with Crippen molar-refractivity contribution in [2.24, 2.45) is 0 Å². The number of carboxylic acid groups (broad SMARTS) is 1. The lowest BCUT2D eigenvalue weighted by Gasteiger charge is -2.13. The van der Waals surface area contributed by atoms with Crippen LogP contribution in [0.25, 0.3) is 5.69 Å². The minimum Gasteiger partial charge on any atom is -0.480 e. The van der Waals surface area contributed by atoms with E-state index in [1.54, 1.807) is 10.9 Å². The van der Waals surface area contributed by atoms with Gasteiger partial charge in [-0.1, -0.05) is 25.5 Å². The van der Waals surface area contributed by atoms with Gasteiger partial charge in [-0.15, -0.1) is 0 Å². The molecule has 0 radical (unpaired) electrons. The van der Waals surface area contributed by atoms with Gasteiger partial charge < -0.3 is 10.4 Å². The second-order valence-electron chi connectivity index (χ2n) is 5.04. The van der Waals surface area contributed by atoms with Crippen molar-refractivity contribution in [1.29, 1.82) is 0 Å². The van der Waals surface area contributed by atoms with E-state index in [9.17, 15) is 9.59 Å². The molecule has 0 spiro atoms. The van der Waals surface area contributed by atoms with Crippen LogP contribution in [0.2, 0.25) is 0 Å². The predicted molar refractivity (Wildman–Crippen MR) is 81.7 cm³/mol. The van der Waals surface area contributed by atoms with Gasteiger partial charge in [-0.3, -0.25) is 4.79 Å². The maximum absolute atomic E-state index is 11.9. The van der Waals surface area contributed by atoms with Gasteiger partial charge in [0.25, 0.3) is 0 Å². The van der Waals surface area contributed by atoms with Crippen molar-refractivity contribution in [1.82, 2.24) is 15.1 Å². The van der Waals surface area contributed by atoms with Crippen LogP contribution in [0.3, 0.4) is 0 Å². The van der Waals surface area contributed by atoms with Gasteiger partial charge in [0.05, 0.1) is 12.1 Å². The Balaban J connectivity index is 1.95. The number of amides is 1. The number of carboxylic acids is 1. The third-order valence-electron chi connectivity index (χ3n) is 3.28. The minimum absolute atomic E-state index is 0.160. The summed E-state index contributed by atoms with van der Waals surface area (Å²) in [6.45, 7) is 1.89. The van der Waals surface area contributed by atoms with E-state index in [1.165, 1.54) is 0 Å². The van der Waals surface area contributed by atoms with E-state index in [4.69, 9.17) is 5.11 Å². The Hall–Kier alpha value is -2.63. The van der Waals surface area contributed by atoms with Crippen molar-refractivity contribution >= 4 is 11.9 Å². The van der Waals surface area contributed by atoms with Gasteiger partial charge in [-0.25, -0.2) is 9.48 Å². The lowest BCUT2D eigenvalue weighted by molar-refractivity contribution is -0.141. The summed E-state index contributed by atoms with van der Waals surface area (Å²) in [6.07, 6.45) is 4.83. The van der Waals surface area contributed by atoms with E-state index in [0.717, 1.165) is 11.3 Å². The second kappa shape index (κ2) is 7.40. The number of aromatic nitrogens is 2. The van der Waals surface area contributed by atoms with E-state index in [-0.39, 0.29) is 12.3 Å². The molecule has 0 fully saturated rings. The summed E-state index contributed by atoms with van der Waals surface area (Å²) in [6, 6.07) is 8.44. The Morgan fingerprint density at radius 3 is 2.59 bits per heavy atom. The molecule has 1 atom stereocenters. The highest BCUT2D eigenvalue weighted by Gasteiger charge is 2.18. The molecule has 0 bridgehead atoms. The summed E-state index contributed by atoms with van der Waals surface area (Å²) >= 11 is 0. The van der Waals surface area contributed by atoms with Gasteiger partial charge in [0.15, 0.2) is 0 Å². The fourth-order valence-corrected chi connectivity index (χ4v) is 2.16. The normalized spacial score (nSPS) is 11.9. The SMILES string of the molecule is CCCC(NC(=O)Cc1ccc(-n2cccn2)cc1)C(=O)O. The van der Waals surface area contributed by atoms with Gasteiger partial charge in [0.2, 0.25) is 5.91 Å². The Morgan fingerprint density at radius 1 is 1.32 bits per heavy atom. The first-order chi connectivity index (χ1) is 10.6. The lowest BCUT2D eigenvalue weighted by atomic mass is 10.1. The molecule has 22 heavy (non-hydrogen) atoms. The van der Waals surface area contributed by atoms with Crippen molar-refractivity contribution in [2.45, 2.75) is 32.2 Å². The van der Waals surface area contributed by atoms with E-state index >= 15 is 0 Å². The summed E-state index contributed by atoms with van der Waals surface area (Å²) in [4.78, 5) is 23.0. The standard InChI is InChI=1S/C16H19N3O3/c1-2-4-14(16(21)22)18-15(20)11-12-5-7-13(8-6-12)19-10-3-9-17-19/h3,5-10,14H,2,4,11H2,1H3,(H,18,20)(H,21,22). The van der Waals surface area contributed by atoms with Crippen LogP contribution in [-0.2, 0) is 16.0 Å². The molecule has 2 rings (SSSR count). The van der Waals surface area contributed by atoms with Crippen molar-refractivity contribution in [3.63, 3.8) is 0 Å². The van der Waals surface area contributed by atoms with Gasteiger partial charge in [0.1, 0.15) is 6.04 Å². The zero-order valence-electron chi connectivity index (χ0n) is 12.4. The Morgan fingerprint density at radius 2 is 2.05 bits per heavy atom. The smallest absolute Gasteiger partial charge is 0.326 e. The topological polar surface area (TPSA) is 84.2 Å². The number of carbonyl (C=O) groups excluding carboxylic acids is 1. The first-order valence-electron chi connectivity index (χ1n) is 7.21. The fraction of sp³-hybridized carbons (Fsp3) is 0.312. The first-order valence-corrected chi connectivity index (χ1v) is 7.21. The third kappa shape index (κ3) is 4.18. The molecule has 0 aliphatic heterocycles. The average Bonchev–Trinajstić information content (AvgIpc) is 3.01. The zero-order chi connectivity index (χ0) is 15.9. The molecule has 6 heteroatoms. The number of carbonyl (C=O) groups is 2. The molecule has 0 saturated heterocycles. The van der Waals surface area contributed by atoms with E-state index < -0.39 is 12.0 Å². The van der Waals surface area contributed by atoms with E-state index in [2.05, 4.69) is 10.4 Å². The molecule has 1 aromatic carbocycles. The van der Waals surface area contributed by atoms with Crippen molar-refractivity contribution in [3.8, 4) is 5.69 Å². The molecule has 0 aliphatic carbocycles. The number of rotatable bonds is 7. The molecule has 0 aliphatic rings. The molecule has 2 N–H and O–H groups in total. The Kier molecular flexibility index (Phi) is 5.30. The van der Waals surface area contributed by atoms with E-state index in [0.29, 0.717) is 12.8 Å². The quantitative estimate of drug-likeness (QED) is 0.816. The van der Waals surface area contributed by atoms with Crippen LogP contribution in [0.5, 0.6) is 0 Å². The van der Waals surface area contributed by atoms with Crippen LogP contribution < -0.4 is 5.32 Å². The number of hydrogen-bond donors (Lipinski definition) is 2. The molecular weight excluding hydrogens is 282 g/mol. The van der Waals surface area contributed by atoms with Gasteiger partial charge in [-0.05, 0) is 30.2 Å². The summed E-state index contributed by atoms with van der Waals surface area (Å²) < 4.78 is 1.73. The lowest BCUT2D eigenvalue weighted by Crippen LogP contribution is -2.41. The van der Waals surface area contributed by atoms with Crippen LogP contribution in [0.4, 0.5) is 0 Å². The van der Waals surface area contributed by atoms with E-state index in [1.807, 2.05) is 43.5 Å². The Bertz CT molecular complexity index is 621. The van der Waals surface area contributed by atoms with Crippen LogP contribution in [-0.4, -0.2) is 32.8 Å². The Labute approximate surface area is 128 Å². The highest BCUT2D eigenvalue weighted by atomic mass is 16.4. The maximum Gasteiger partial charge on any atom is 0.326 e. The van der Waals surface area contributed by atoms with Crippen molar-refractivity contribution < 1.29 is 14.7 Å². The van der Waals surface area contributed by atoms with Crippen LogP contribution >= 0.6 is 0 Å². The molecule has 116 valence electrons. The second-order valence-corrected chi connectivity index (χ2v) is 5.04. The molecule has 1 aromatic heterocycles. The molecule has 6 nitrogen and oxygen atoms in total. The molecule has 1 heterocycles. The summed E-state index contributed by atoms with van der Waals surface area (Å²) in [5.41, 5.74) is 1.73. The van der Waals surface area contributed by atoms with Gasteiger partial charge in [-0.2, -0.15) is 5.10 Å². The number of nitrogens with one attached hydrogen (secondary N) is 1. The van der Waals surface area contributed by atoms with Gasteiger partial charge >= 0.3 is 5.97 Å². The monoisotopic (exact) mass is 301 g/mol. The predicted octanol–water partition coefficient (Wildman–Crippen LogP) is 1.78. The summed E-state index contributed by atoms with van der Waals surface area (Å²) in [7, 11) is 0. The molecule has 1 unspecified atom stereocenters. The molecular formula is C16H19N3O3. The van der Waals surface area contributed by atoms with Crippen LogP contribution in [0.15, 0.2) is 42.7 Å². The van der Waals surface area contributed by atoms with Crippen LogP contribution in [0, 0.1) is 0 Å². The third-order valence-corrected chi connectivity index (χ3v) is 3.28. The number of aliphatic carboxylic acids is 1. The summed E-state index contributed by atoms with van der Waals surface area (Å²) in [5, 5.41) is 15.7. The first kappa shape index (κ1) is 15.8. The number of hydrogen-bond acceptors (Lipinski definition) is 3. The highest BCUT2D eigenvalue weighted by Crippen LogP contribution is 2.09. The van der Waals surface area contributed by atoms with Crippen LogP contribution in [0.1, 0.15) is 25.3 Å². The summed E-state index contributed by atoms with van der Waals surface area (Å²) in [5.74, 6) is -1.28. The number of nitrogens with zero attached hydrogens (tertiary/aromatic N) is 2. The highest BCUT2D eigenvalue weighted by molar-refractivity contribution is 5.84. The minimum atomic E-state index is -0.996. The molecule has 0 saturated carbocycles. The fourth-order valence-electron chi connectivity index (χ4n) is 2.16. The molecule has 1 amide bonds.